The molecule has 1 rings (SSSR count). The molecule has 0 bridgehead atoms. The second-order valence-corrected chi connectivity index (χ2v) is 4.65. The van der Waals surface area contributed by atoms with E-state index in [4.69, 9.17) is 9.84 Å². The van der Waals surface area contributed by atoms with E-state index in [-0.39, 0.29) is 17.0 Å². The Bertz CT molecular complexity index is 526. The van der Waals surface area contributed by atoms with Gasteiger partial charge < -0.3 is 9.84 Å². The highest BCUT2D eigenvalue weighted by molar-refractivity contribution is 7.90. The molecule has 0 saturated carbocycles. The first kappa shape index (κ1) is 13.3. The van der Waals surface area contributed by atoms with E-state index in [1.165, 1.54) is 32.4 Å². The van der Waals surface area contributed by atoms with Gasteiger partial charge in [0.25, 0.3) is 10.2 Å². The van der Waals surface area contributed by atoms with Gasteiger partial charge in [-0.05, 0) is 18.2 Å². The minimum absolute atomic E-state index is 0.0420. The molecule has 0 aliphatic carbocycles. The average Bonchev–Trinajstić information content (AvgIpc) is 2.28. The SMILES string of the molecule is CNS(=O)(=O)Nc1cc(C(=O)O)ccc1OC. The number of carboxylic acid groups (broad SMARTS) is 1. The maximum absolute atomic E-state index is 11.3. The number of hydrogen-bond donors (Lipinski definition) is 3. The summed E-state index contributed by atoms with van der Waals surface area (Å²) in [5, 5.41) is 8.79. The van der Waals surface area contributed by atoms with Crippen LogP contribution in [0.4, 0.5) is 5.69 Å². The Morgan fingerprint density at radius 3 is 2.53 bits per heavy atom. The highest BCUT2D eigenvalue weighted by Gasteiger charge is 2.13. The number of rotatable bonds is 5. The molecule has 0 aliphatic rings. The first-order valence-electron chi connectivity index (χ1n) is 4.52. The maximum atomic E-state index is 11.3. The molecule has 17 heavy (non-hydrogen) atoms. The van der Waals surface area contributed by atoms with Crippen LogP contribution in [0.2, 0.25) is 0 Å². The zero-order valence-corrected chi connectivity index (χ0v) is 10.0. The lowest BCUT2D eigenvalue weighted by molar-refractivity contribution is 0.0697. The van der Waals surface area contributed by atoms with Crippen LogP contribution in [-0.4, -0.2) is 33.7 Å². The predicted octanol–water partition coefficient (Wildman–Crippen LogP) is 0.269. The molecule has 1 aromatic rings. The third kappa shape index (κ3) is 3.33. The Kier molecular flexibility index (Phi) is 3.92. The second-order valence-electron chi connectivity index (χ2n) is 3.03. The predicted molar refractivity (Wildman–Crippen MR) is 61.6 cm³/mol. The van der Waals surface area contributed by atoms with Crippen LogP contribution >= 0.6 is 0 Å². The van der Waals surface area contributed by atoms with Crippen LogP contribution in [0.1, 0.15) is 10.4 Å². The fourth-order valence-electron chi connectivity index (χ4n) is 1.12. The molecular weight excluding hydrogens is 248 g/mol. The van der Waals surface area contributed by atoms with Crippen LogP contribution in [0, 0.1) is 0 Å². The molecule has 8 heteroatoms. The summed E-state index contributed by atoms with van der Waals surface area (Å²) >= 11 is 0. The highest BCUT2D eigenvalue weighted by atomic mass is 32.2. The van der Waals surface area contributed by atoms with Crippen LogP contribution in [0.3, 0.4) is 0 Å². The molecule has 0 fully saturated rings. The molecule has 0 heterocycles. The van der Waals surface area contributed by atoms with Crippen molar-refractivity contribution in [1.82, 2.24) is 4.72 Å². The van der Waals surface area contributed by atoms with Gasteiger partial charge in [-0.2, -0.15) is 8.42 Å². The molecule has 7 nitrogen and oxygen atoms in total. The lowest BCUT2D eigenvalue weighted by atomic mass is 10.2. The number of methoxy groups -OCH3 is 1. The van der Waals surface area contributed by atoms with E-state index in [1.807, 2.05) is 4.72 Å². The molecule has 0 spiro atoms. The molecule has 0 unspecified atom stereocenters. The molecule has 0 radical (unpaired) electrons. The molecule has 1 aromatic carbocycles. The minimum atomic E-state index is -3.72. The first-order chi connectivity index (χ1) is 7.89. The van der Waals surface area contributed by atoms with Crippen molar-refractivity contribution in [3.05, 3.63) is 23.8 Å². The third-order valence-corrected chi connectivity index (χ3v) is 2.99. The number of carboxylic acids is 1. The molecular formula is C9H12N2O5S. The van der Waals surface area contributed by atoms with E-state index in [1.54, 1.807) is 0 Å². The number of benzene rings is 1. The normalized spacial score (nSPS) is 10.9. The number of nitrogens with one attached hydrogen (secondary N) is 2. The summed E-state index contributed by atoms with van der Waals surface area (Å²) in [4.78, 5) is 10.8. The molecule has 94 valence electrons. The van der Waals surface area contributed by atoms with Gasteiger partial charge in [0, 0.05) is 7.05 Å². The van der Waals surface area contributed by atoms with Crippen LogP contribution in [0.15, 0.2) is 18.2 Å². The lowest BCUT2D eigenvalue weighted by Crippen LogP contribution is -2.26. The summed E-state index contributed by atoms with van der Waals surface area (Å²) in [7, 11) is -1.13. The molecule has 0 saturated heterocycles. The third-order valence-electron chi connectivity index (χ3n) is 1.96. The van der Waals surface area contributed by atoms with Crippen molar-refractivity contribution in [2.75, 3.05) is 18.9 Å². The lowest BCUT2D eigenvalue weighted by Gasteiger charge is -2.11. The number of anilines is 1. The monoisotopic (exact) mass is 260 g/mol. The number of aromatic carboxylic acids is 1. The summed E-state index contributed by atoms with van der Waals surface area (Å²) in [6, 6.07) is 3.87. The van der Waals surface area contributed by atoms with E-state index >= 15 is 0 Å². The van der Waals surface area contributed by atoms with E-state index in [0.717, 1.165) is 0 Å². The topological polar surface area (TPSA) is 105 Å². The van der Waals surface area contributed by atoms with Crippen LogP contribution < -0.4 is 14.2 Å². The van der Waals surface area contributed by atoms with Crippen molar-refractivity contribution in [3.63, 3.8) is 0 Å². The van der Waals surface area contributed by atoms with E-state index in [2.05, 4.69) is 4.72 Å². The number of ether oxygens (including phenoxy) is 1. The fraction of sp³-hybridized carbons (Fsp3) is 0.222. The second kappa shape index (κ2) is 5.02. The van der Waals surface area contributed by atoms with Crippen molar-refractivity contribution in [1.29, 1.82) is 0 Å². The van der Waals surface area contributed by atoms with Gasteiger partial charge in [0.1, 0.15) is 5.75 Å². The Labute approximate surface area is 98.6 Å². The van der Waals surface area contributed by atoms with Gasteiger partial charge in [-0.15, -0.1) is 0 Å². The summed E-state index contributed by atoms with van der Waals surface area (Å²) < 4.78 is 31.7. The summed E-state index contributed by atoms with van der Waals surface area (Å²) in [5.41, 5.74) is 0.0151. The van der Waals surface area contributed by atoms with Crippen molar-refractivity contribution < 1.29 is 23.1 Å². The Morgan fingerprint density at radius 2 is 2.06 bits per heavy atom. The summed E-state index contributed by atoms with van der Waals surface area (Å²) in [5.74, 6) is -0.925. The molecule has 0 aromatic heterocycles. The minimum Gasteiger partial charge on any atom is -0.495 e. The van der Waals surface area contributed by atoms with Crippen LogP contribution in [0.25, 0.3) is 0 Å². The highest BCUT2D eigenvalue weighted by Crippen LogP contribution is 2.26. The zero-order valence-electron chi connectivity index (χ0n) is 9.22. The van der Waals surface area contributed by atoms with Gasteiger partial charge in [-0.1, -0.05) is 0 Å². The van der Waals surface area contributed by atoms with Gasteiger partial charge in [0.15, 0.2) is 0 Å². The smallest absolute Gasteiger partial charge is 0.335 e. The van der Waals surface area contributed by atoms with Gasteiger partial charge in [0.05, 0.1) is 18.4 Å². The van der Waals surface area contributed by atoms with Crippen LogP contribution in [0.5, 0.6) is 5.75 Å². The van der Waals surface area contributed by atoms with Crippen molar-refractivity contribution in [2.45, 2.75) is 0 Å². The van der Waals surface area contributed by atoms with Gasteiger partial charge in [-0.3, -0.25) is 4.72 Å². The van der Waals surface area contributed by atoms with Gasteiger partial charge in [-0.25, -0.2) is 9.52 Å². The molecule has 0 aliphatic heterocycles. The quantitative estimate of drug-likeness (QED) is 0.704. The first-order valence-corrected chi connectivity index (χ1v) is 6.00. The summed E-state index contributed by atoms with van der Waals surface area (Å²) in [6.07, 6.45) is 0. The van der Waals surface area contributed by atoms with E-state index in [9.17, 15) is 13.2 Å². The van der Waals surface area contributed by atoms with Gasteiger partial charge in [0.2, 0.25) is 0 Å². The summed E-state index contributed by atoms with van der Waals surface area (Å²) in [6.45, 7) is 0. The van der Waals surface area contributed by atoms with Gasteiger partial charge >= 0.3 is 5.97 Å². The zero-order chi connectivity index (χ0) is 13.1. The van der Waals surface area contributed by atoms with Crippen LogP contribution in [-0.2, 0) is 10.2 Å². The molecule has 0 amide bonds. The number of carbonyl (C=O) groups is 1. The van der Waals surface area contributed by atoms with Crippen molar-refractivity contribution >= 4 is 21.9 Å². The Hall–Kier alpha value is -1.80. The fourth-order valence-corrected chi connectivity index (χ4v) is 1.67. The molecule has 0 atom stereocenters. The van der Waals surface area contributed by atoms with E-state index < -0.39 is 16.2 Å². The average molecular weight is 260 g/mol. The van der Waals surface area contributed by atoms with Crippen molar-refractivity contribution in [2.24, 2.45) is 0 Å². The number of hydrogen-bond acceptors (Lipinski definition) is 4. The maximum Gasteiger partial charge on any atom is 0.335 e. The van der Waals surface area contributed by atoms with Crippen molar-refractivity contribution in [3.8, 4) is 5.75 Å². The van der Waals surface area contributed by atoms with E-state index in [0.29, 0.717) is 0 Å². The Balaban J connectivity index is 3.19. The molecule has 3 N–H and O–H groups in total. The Morgan fingerprint density at radius 1 is 1.41 bits per heavy atom. The largest absolute Gasteiger partial charge is 0.495 e. The standard InChI is InChI=1S/C9H12N2O5S/c1-10-17(14,15)11-7-5-6(9(12)13)3-4-8(7)16-2/h3-5,10-11H,1-2H3,(H,12,13).